The Kier molecular flexibility index (Phi) is 8.21. The molecule has 202 valence electrons. The van der Waals surface area contributed by atoms with Gasteiger partial charge in [-0.15, -0.1) is 0 Å². The van der Waals surface area contributed by atoms with E-state index in [2.05, 4.69) is 21.2 Å². The number of benzene rings is 2. The van der Waals surface area contributed by atoms with Crippen molar-refractivity contribution in [1.29, 1.82) is 0 Å². The Morgan fingerprint density at radius 2 is 1.69 bits per heavy atom. The van der Waals surface area contributed by atoms with Crippen LogP contribution in [0.3, 0.4) is 0 Å². The van der Waals surface area contributed by atoms with Crippen molar-refractivity contribution >= 4 is 73.6 Å². The van der Waals surface area contributed by atoms with Crippen molar-refractivity contribution in [2.75, 3.05) is 5.32 Å². The van der Waals surface area contributed by atoms with Gasteiger partial charge in [-0.25, -0.2) is 4.98 Å². The first kappa shape index (κ1) is 28.8. The van der Waals surface area contributed by atoms with Crippen molar-refractivity contribution in [2.45, 2.75) is 40.7 Å². The molecule has 1 amide bonds. The van der Waals surface area contributed by atoms with Gasteiger partial charge in [0.2, 0.25) is 11.5 Å². The predicted molar refractivity (Wildman–Crippen MR) is 156 cm³/mol. The van der Waals surface area contributed by atoms with Crippen LogP contribution in [0.1, 0.15) is 45.2 Å². The molecule has 0 saturated carbocycles. The number of anilines is 1. The van der Waals surface area contributed by atoms with E-state index in [1.807, 2.05) is 24.3 Å². The van der Waals surface area contributed by atoms with Crippen LogP contribution in [0.5, 0.6) is 0 Å². The van der Waals surface area contributed by atoms with Gasteiger partial charge in [0.15, 0.2) is 11.9 Å². The highest BCUT2D eigenvalue weighted by Crippen LogP contribution is 2.42. The van der Waals surface area contributed by atoms with Crippen LogP contribution >= 0.6 is 39.1 Å². The predicted octanol–water partition coefficient (Wildman–Crippen LogP) is 8.35. The molecule has 0 fully saturated rings. The van der Waals surface area contributed by atoms with Crippen LogP contribution in [-0.4, -0.2) is 28.7 Å². The van der Waals surface area contributed by atoms with Gasteiger partial charge >= 0.3 is 5.97 Å². The first-order valence-corrected chi connectivity index (χ1v) is 13.5. The number of nitrogens with zero attached hydrogens (tertiary/aromatic N) is 1. The lowest BCUT2D eigenvalue weighted by molar-refractivity contribution is -0.150. The van der Waals surface area contributed by atoms with Crippen LogP contribution < -0.4 is 5.32 Å². The molecule has 0 radical (unpaired) electrons. The fraction of sp³-hybridized carbons (Fsp3) is 0.241. The minimum absolute atomic E-state index is 0.0607. The summed E-state index contributed by atoms with van der Waals surface area (Å²) >= 11 is 16.2. The van der Waals surface area contributed by atoms with Crippen LogP contribution in [-0.2, 0) is 14.3 Å². The van der Waals surface area contributed by atoms with Crippen molar-refractivity contribution in [2.24, 2.45) is 5.41 Å². The number of furan rings is 1. The van der Waals surface area contributed by atoms with Crippen LogP contribution in [0.4, 0.5) is 5.69 Å². The number of rotatable bonds is 6. The van der Waals surface area contributed by atoms with Crippen LogP contribution in [0.2, 0.25) is 10.0 Å². The number of Topliss-reactive ketones (excluding diaryl/α,β-unsaturated/α-hetero) is 1. The summed E-state index contributed by atoms with van der Waals surface area (Å²) in [5.74, 6) is -1.63. The van der Waals surface area contributed by atoms with E-state index in [0.717, 1.165) is 10.0 Å². The normalized spacial score (nSPS) is 12.3. The summed E-state index contributed by atoms with van der Waals surface area (Å²) < 4.78 is 11.9. The minimum atomic E-state index is -1.10. The maximum Gasteiger partial charge on any atom is 0.303 e. The molecule has 2 heterocycles. The molecule has 0 aliphatic heterocycles. The highest BCUT2D eigenvalue weighted by atomic mass is 79.9. The number of esters is 1. The van der Waals surface area contributed by atoms with Crippen LogP contribution in [0.25, 0.3) is 33.5 Å². The number of hydrogen-bond acceptors (Lipinski definition) is 6. The summed E-state index contributed by atoms with van der Waals surface area (Å²) in [4.78, 5) is 42.6. The van der Waals surface area contributed by atoms with Gasteiger partial charge in [0, 0.05) is 33.0 Å². The second kappa shape index (κ2) is 11.1. The number of hydrogen-bond donors (Lipinski definition) is 1. The third-order valence-electron chi connectivity index (χ3n) is 5.87. The fourth-order valence-electron chi connectivity index (χ4n) is 3.91. The van der Waals surface area contributed by atoms with Gasteiger partial charge in [-0.2, -0.15) is 0 Å². The minimum Gasteiger partial charge on any atom is -0.453 e. The molecule has 0 aliphatic carbocycles. The lowest BCUT2D eigenvalue weighted by Gasteiger charge is -2.17. The smallest absolute Gasteiger partial charge is 0.303 e. The number of pyridine rings is 1. The Bertz CT molecular complexity index is 1610. The summed E-state index contributed by atoms with van der Waals surface area (Å²) in [6.45, 7) is 7.89. The van der Waals surface area contributed by atoms with E-state index in [1.54, 1.807) is 45.0 Å². The SMILES string of the molecule is CC(=O)OC(C)C(=O)Nc1c(C(=O)C(C)(C)C)oc2nc(-c3ccc(Br)cc3Cl)c(-c3ccc(Cl)cc3)cc12. The zero-order chi connectivity index (χ0) is 28.6. The number of ketones is 1. The number of amides is 1. The molecule has 0 bridgehead atoms. The Morgan fingerprint density at radius 3 is 2.28 bits per heavy atom. The third kappa shape index (κ3) is 6.19. The first-order chi connectivity index (χ1) is 18.3. The molecule has 2 aromatic carbocycles. The first-order valence-electron chi connectivity index (χ1n) is 12.0. The molecule has 0 aliphatic rings. The summed E-state index contributed by atoms with van der Waals surface area (Å²) in [5.41, 5.74) is 2.04. The zero-order valence-corrected chi connectivity index (χ0v) is 24.9. The zero-order valence-electron chi connectivity index (χ0n) is 21.8. The summed E-state index contributed by atoms with van der Waals surface area (Å²) in [6, 6.07) is 14.4. The molecular weight excluding hydrogens is 607 g/mol. The van der Waals surface area contributed by atoms with E-state index < -0.39 is 23.4 Å². The molecule has 4 aromatic rings. The Balaban J connectivity index is 2.01. The van der Waals surface area contributed by atoms with Crippen molar-refractivity contribution in [3.63, 3.8) is 0 Å². The van der Waals surface area contributed by atoms with Crippen molar-refractivity contribution in [3.05, 3.63) is 68.8 Å². The summed E-state index contributed by atoms with van der Waals surface area (Å²) in [7, 11) is 0. The van der Waals surface area contributed by atoms with Crippen LogP contribution in [0.15, 0.2) is 57.4 Å². The molecule has 2 aromatic heterocycles. The number of halogens is 3. The maximum absolute atomic E-state index is 13.4. The number of nitrogens with one attached hydrogen (secondary N) is 1. The van der Waals surface area contributed by atoms with Gasteiger partial charge in [-0.1, -0.05) is 78.1 Å². The van der Waals surface area contributed by atoms with E-state index >= 15 is 0 Å². The number of aromatic nitrogens is 1. The molecule has 7 nitrogen and oxygen atoms in total. The molecule has 1 N–H and O–H groups in total. The van der Waals surface area contributed by atoms with Crippen molar-refractivity contribution in [3.8, 4) is 22.4 Å². The van der Waals surface area contributed by atoms with Crippen LogP contribution in [0, 0.1) is 5.41 Å². The van der Waals surface area contributed by atoms with Gasteiger partial charge in [0.1, 0.15) is 5.69 Å². The molecule has 1 unspecified atom stereocenters. The van der Waals surface area contributed by atoms with Gasteiger partial charge in [0.05, 0.1) is 16.1 Å². The number of fused-ring (bicyclic) bond motifs is 1. The molecular formula is C29H25BrCl2N2O5. The Morgan fingerprint density at radius 1 is 1.03 bits per heavy atom. The summed E-state index contributed by atoms with van der Waals surface area (Å²) in [6.07, 6.45) is -1.10. The second-order valence-electron chi connectivity index (χ2n) is 9.99. The molecule has 0 saturated heterocycles. The van der Waals surface area contributed by atoms with Gasteiger partial charge < -0.3 is 14.5 Å². The molecule has 4 rings (SSSR count). The molecule has 0 spiro atoms. The van der Waals surface area contributed by atoms with Gasteiger partial charge in [0.25, 0.3) is 5.91 Å². The quantitative estimate of drug-likeness (QED) is 0.170. The van der Waals surface area contributed by atoms with Crippen molar-refractivity contribution < 1.29 is 23.5 Å². The second-order valence-corrected chi connectivity index (χ2v) is 11.8. The number of carbonyl (C=O) groups is 3. The third-order valence-corrected chi connectivity index (χ3v) is 6.93. The molecule has 39 heavy (non-hydrogen) atoms. The van der Waals surface area contributed by atoms with E-state index in [4.69, 9.17) is 37.3 Å². The monoisotopic (exact) mass is 630 g/mol. The van der Waals surface area contributed by atoms with E-state index in [1.165, 1.54) is 13.8 Å². The Labute approximate surface area is 244 Å². The average Bonchev–Trinajstić information content (AvgIpc) is 3.19. The fourth-order valence-corrected chi connectivity index (χ4v) is 4.80. The molecule has 1 atom stereocenters. The van der Waals surface area contributed by atoms with Crippen molar-refractivity contribution in [1.82, 2.24) is 4.98 Å². The number of carbonyl (C=O) groups excluding carboxylic acids is 3. The largest absolute Gasteiger partial charge is 0.453 e. The molecule has 10 heteroatoms. The van der Waals surface area contributed by atoms with E-state index in [-0.39, 0.29) is 22.9 Å². The number of ether oxygens (including phenoxy) is 1. The average molecular weight is 632 g/mol. The lowest BCUT2D eigenvalue weighted by Crippen LogP contribution is -2.30. The standard InChI is InChI=1S/C29H25BrCl2N2O5/c1-14(38-15(2)35)27(37)33-24-21-13-20(16-6-9-18(31)10-7-16)23(19-11-8-17(30)12-22(19)32)34-28(21)39-25(24)26(36)29(3,4)5/h6-14H,1-5H3,(H,33,37). The Hall–Kier alpha value is -3.20. The van der Waals surface area contributed by atoms with Gasteiger partial charge in [-0.05, 0) is 42.8 Å². The summed E-state index contributed by atoms with van der Waals surface area (Å²) in [5, 5.41) is 4.14. The topological polar surface area (TPSA) is 98.5 Å². The highest BCUT2D eigenvalue weighted by Gasteiger charge is 2.33. The van der Waals surface area contributed by atoms with E-state index in [0.29, 0.717) is 32.3 Å². The maximum atomic E-state index is 13.4. The lowest BCUT2D eigenvalue weighted by atomic mass is 9.88. The van der Waals surface area contributed by atoms with Gasteiger partial charge in [-0.3, -0.25) is 14.4 Å². The van der Waals surface area contributed by atoms with E-state index in [9.17, 15) is 14.4 Å². The highest BCUT2D eigenvalue weighted by molar-refractivity contribution is 9.10.